The zero-order chi connectivity index (χ0) is 10.5. The van der Waals surface area contributed by atoms with Gasteiger partial charge in [-0.2, -0.15) is 0 Å². The molecular weight excluding hydrogens is 212 g/mol. The first-order chi connectivity index (χ1) is 7.93. The number of fused-ring (bicyclic) bond motifs is 5. The van der Waals surface area contributed by atoms with E-state index in [-0.39, 0.29) is 0 Å². The van der Waals surface area contributed by atoms with E-state index >= 15 is 0 Å². The van der Waals surface area contributed by atoms with Gasteiger partial charge in [0.1, 0.15) is 0 Å². The van der Waals surface area contributed by atoms with Crippen molar-refractivity contribution in [1.29, 1.82) is 0 Å². The van der Waals surface area contributed by atoms with Gasteiger partial charge in [-0.05, 0) is 38.9 Å². The molecule has 0 atom stereocenters. The molecule has 0 unspecified atom stereocenters. The summed E-state index contributed by atoms with van der Waals surface area (Å²) in [6, 6.07) is 15.5. The number of benzene rings is 2. The quantitative estimate of drug-likeness (QED) is 0.411. The van der Waals surface area contributed by atoms with Crippen LogP contribution in [0, 0.1) is 0 Å². The summed E-state index contributed by atoms with van der Waals surface area (Å²) < 4.78 is 0. The van der Waals surface area contributed by atoms with Crippen molar-refractivity contribution in [3.05, 3.63) is 58.3 Å². The highest BCUT2D eigenvalue weighted by Gasteiger charge is 2.21. The highest BCUT2D eigenvalue weighted by Crippen LogP contribution is 2.43. The monoisotopic (exact) mass is 222 g/mol. The van der Waals surface area contributed by atoms with E-state index in [0.717, 1.165) is 6.42 Å². The molecule has 0 aliphatic heterocycles. The van der Waals surface area contributed by atoms with Gasteiger partial charge in [0.05, 0.1) is 0 Å². The van der Waals surface area contributed by atoms with E-state index in [1.807, 2.05) is 11.3 Å². The van der Waals surface area contributed by atoms with Crippen LogP contribution >= 0.6 is 11.3 Å². The molecule has 1 aliphatic rings. The largest absolute Gasteiger partial charge is 0.148 e. The third-order valence-corrected chi connectivity index (χ3v) is 4.30. The number of hydrogen-bond acceptors (Lipinski definition) is 1. The summed E-state index contributed by atoms with van der Waals surface area (Å²) in [4.78, 5) is 1.52. The molecule has 0 bridgehead atoms. The van der Waals surface area contributed by atoms with Crippen molar-refractivity contribution in [2.45, 2.75) is 6.42 Å². The minimum absolute atomic E-state index is 1.12. The summed E-state index contributed by atoms with van der Waals surface area (Å²) in [6.45, 7) is 0. The third kappa shape index (κ3) is 0.987. The first kappa shape index (κ1) is 8.54. The average molecular weight is 222 g/mol. The lowest BCUT2D eigenvalue weighted by Gasteiger charge is -2.05. The van der Waals surface area contributed by atoms with E-state index in [1.165, 1.54) is 32.3 Å². The van der Waals surface area contributed by atoms with Crippen molar-refractivity contribution in [2.24, 2.45) is 0 Å². The molecule has 1 aromatic heterocycles. The molecule has 76 valence electrons. The highest BCUT2D eigenvalue weighted by molar-refractivity contribution is 7.10. The predicted octanol–water partition coefficient (Wildman–Crippen LogP) is 4.47. The van der Waals surface area contributed by atoms with E-state index in [0.29, 0.717) is 0 Å². The molecule has 0 amide bonds. The smallest absolute Gasteiger partial charge is 0.0168 e. The van der Waals surface area contributed by atoms with Gasteiger partial charge in [-0.3, -0.25) is 0 Å². The van der Waals surface area contributed by atoms with Crippen LogP contribution < -0.4 is 0 Å². The molecule has 1 heteroatoms. The zero-order valence-electron chi connectivity index (χ0n) is 8.73. The van der Waals surface area contributed by atoms with Crippen LogP contribution in [0.15, 0.2) is 47.8 Å². The summed E-state index contributed by atoms with van der Waals surface area (Å²) >= 11 is 1.88. The molecule has 0 spiro atoms. The van der Waals surface area contributed by atoms with Gasteiger partial charge in [-0.1, -0.05) is 36.4 Å². The standard InChI is InChI=1S/C15H10S/c1-2-4-12-10(3-1)5-6-11-9-14-13(15(11)12)7-8-16-14/h1-8H,9H2. The fraction of sp³-hybridized carbons (Fsp3) is 0.0667. The Hall–Kier alpha value is -1.60. The maximum atomic E-state index is 2.28. The lowest BCUT2D eigenvalue weighted by Crippen LogP contribution is -1.82. The van der Waals surface area contributed by atoms with E-state index in [2.05, 4.69) is 47.8 Å². The summed E-state index contributed by atoms with van der Waals surface area (Å²) in [5.41, 5.74) is 4.41. The fourth-order valence-corrected chi connectivity index (χ4v) is 3.56. The summed E-state index contributed by atoms with van der Waals surface area (Å²) in [7, 11) is 0. The Bertz CT molecular complexity index is 691. The molecule has 0 saturated carbocycles. The van der Waals surface area contributed by atoms with Gasteiger partial charge in [0.15, 0.2) is 0 Å². The van der Waals surface area contributed by atoms with E-state index in [1.54, 1.807) is 0 Å². The Balaban J connectivity index is 2.20. The van der Waals surface area contributed by atoms with Gasteiger partial charge < -0.3 is 0 Å². The van der Waals surface area contributed by atoms with Gasteiger partial charge in [0.2, 0.25) is 0 Å². The summed E-state index contributed by atoms with van der Waals surface area (Å²) in [5.74, 6) is 0. The van der Waals surface area contributed by atoms with Crippen molar-refractivity contribution < 1.29 is 0 Å². The highest BCUT2D eigenvalue weighted by atomic mass is 32.1. The van der Waals surface area contributed by atoms with Crippen LogP contribution in [0.25, 0.3) is 21.9 Å². The molecule has 2 aromatic carbocycles. The third-order valence-electron chi connectivity index (χ3n) is 3.38. The van der Waals surface area contributed by atoms with E-state index in [9.17, 15) is 0 Å². The Morgan fingerprint density at radius 3 is 2.88 bits per heavy atom. The molecule has 1 aliphatic carbocycles. The zero-order valence-corrected chi connectivity index (χ0v) is 9.55. The normalized spacial score (nSPS) is 12.8. The molecule has 4 rings (SSSR count). The van der Waals surface area contributed by atoms with Crippen LogP contribution in [-0.2, 0) is 6.42 Å². The van der Waals surface area contributed by atoms with Crippen LogP contribution in [0.4, 0.5) is 0 Å². The first-order valence-corrected chi connectivity index (χ1v) is 6.39. The minimum Gasteiger partial charge on any atom is -0.148 e. The van der Waals surface area contributed by atoms with Gasteiger partial charge in [0, 0.05) is 11.3 Å². The maximum absolute atomic E-state index is 2.28. The van der Waals surface area contributed by atoms with Gasteiger partial charge in [0.25, 0.3) is 0 Å². The van der Waals surface area contributed by atoms with Crippen LogP contribution in [0.5, 0.6) is 0 Å². The summed E-state index contributed by atoms with van der Waals surface area (Å²) in [6.07, 6.45) is 1.12. The first-order valence-electron chi connectivity index (χ1n) is 5.51. The fourth-order valence-electron chi connectivity index (χ4n) is 2.66. The molecular formula is C15H10S. The number of hydrogen-bond donors (Lipinski definition) is 0. The van der Waals surface area contributed by atoms with Crippen LogP contribution in [0.2, 0.25) is 0 Å². The lowest BCUT2D eigenvalue weighted by atomic mass is 9.99. The number of thiophene rings is 1. The van der Waals surface area contributed by atoms with Crippen LogP contribution in [0.3, 0.4) is 0 Å². The molecule has 0 fully saturated rings. The predicted molar refractivity (Wildman–Crippen MR) is 70.1 cm³/mol. The van der Waals surface area contributed by atoms with Gasteiger partial charge in [-0.25, -0.2) is 0 Å². The topological polar surface area (TPSA) is 0 Å². The lowest BCUT2D eigenvalue weighted by molar-refractivity contribution is 1.32. The van der Waals surface area contributed by atoms with E-state index in [4.69, 9.17) is 0 Å². The molecule has 16 heavy (non-hydrogen) atoms. The van der Waals surface area contributed by atoms with Crippen molar-refractivity contribution in [2.75, 3.05) is 0 Å². The Kier molecular flexibility index (Phi) is 1.58. The maximum Gasteiger partial charge on any atom is 0.0168 e. The second-order valence-electron chi connectivity index (χ2n) is 4.26. The molecule has 0 nitrogen and oxygen atoms in total. The summed E-state index contributed by atoms with van der Waals surface area (Å²) in [5, 5.41) is 4.95. The van der Waals surface area contributed by atoms with Crippen molar-refractivity contribution in [3.8, 4) is 11.1 Å². The number of rotatable bonds is 0. The minimum atomic E-state index is 1.12. The van der Waals surface area contributed by atoms with Crippen molar-refractivity contribution in [1.82, 2.24) is 0 Å². The van der Waals surface area contributed by atoms with Crippen LogP contribution in [0.1, 0.15) is 10.4 Å². The molecule has 0 radical (unpaired) electrons. The second-order valence-corrected chi connectivity index (χ2v) is 5.26. The Morgan fingerprint density at radius 2 is 1.88 bits per heavy atom. The van der Waals surface area contributed by atoms with Gasteiger partial charge in [-0.15, -0.1) is 11.3 Å². The SMILES string of the molecule is c1ccc2c3c(ccc2c1)Cc1sccc1-3. The van der Waals surface area contributed by atoms with Crippen LogP contribution in [-0.4, -0.2) is 0 Å². The Morgan fingerprint density at radius 1 is 0.938 bits per heavy atom. The van der Waals surface area contributed by atoms with Crippen molar-refractivity contribution in [3.63, 3.8) is 0 Å². The average Bonchev–Trinajstić information content (AvgIpc) is 2.88. The molecule has 1 heterocycles. The van der Waals surface area contributed by atoms with E-state index < -0.39 is 0 Å². The van der Waals surface area contributed by atoms with Gasteiger partial charge >= 0.3 is 0 Å². The second kappa shape index (κ2) is 2.96. The van der Waals surface area contributed by atoms with Crippen molar-refractivity contribution >= 4 is 22.1 Å². The molecule has 3 aromatic rings. The molecule has 0 saturated heterocycles. The Labute approximate surface area is 98.2 Å². The molecule has 0 N–H and O–H groups in total.